The number of halogens is 3. The molecule has 0 atom stereocenters. The van der Waals surface area contributed by atoms with E-state index in [2.05, 4.69) is 20.9 Å². The maximum Gasteiger partial charge on any atom is 0.373 e. The first-order valence-corrected chi connectivity index (χ1v) is 4.75. The molecule has 0 spiro atoms. The van der Waals surface area contributed by atoms with Crippen molar-refractivity contribution in [3.05, 3.63) is 31.9 Å². The largest absolute Gasteiger partial charge is 0.373 e. The molecular weight excluding hydrogens is 288 g/mol. The zero-order valence-electron chi connectivity index (χ0n) is 7.65. The predicted octanol–water partition coefficient (Wildman–Crippen LogP) is 2.76. The van der Waals surface area contributed by atoms with Crippen molar-refractivity contribution in [3.8, 4) is 6.07 Å². The Bertz CT molecular complexity index is 473. The van der Waals surface area contributed by atoms with Gasteiger partial charge in [-0.3, -0.25) is 0 Å². The number of rotatable bonds is 3. The van der Waals surface area contributed by atoms with Gasteiger partial charge in [-0.1, -0.05) is 0 Å². The molecular formula is C8H4BrF2N3O2. The van der Waals surface area contributed by atoms with Crippen molar-refractivity contribution in [1.82, 2.24) is 4.98 Å². The molecule has 1 heterocycles. The fourth-order valence-corrected chi connectivity index (χ4v) is 1.48. The van der Waals surface area contributed by atoms with Crippen LogP contribution in [0, 0.1) is 21.4 Å². The van der Waals surface area contributed by atoms with E-state index in [9.17, 15) is 18.9 Å². The van der Waals surface area contributed by atoms with Crippen LogP contribution in [-0.2, 0) is 6.42 Å². The number of alkyl halides is 2. The van der Waals surface area contributed by atoms with Crippen LogP contribution >= 0.6 is 15.9 Å². The summed E-state index contributed by atoms with van der Waals surface area (Å²) in [6.45, 7) is 0. The molecule has 0 aromatic carbocycles. The van der Waals surface area contributed by atoms with Crippen molar-refractivity contribution in [2.75, 3.05) is 0 Å². The summed E-state index contributed by atoms with van der Waals surface area (Å²) in [5.41, 5.74) is -0.582. The lowest BCUT2D eigenvalue weighted by atomic mass is 10.1. The molecule has 0 aliphatic carbocycles. The summed E-state index contributed by atoms with van der Waals surface area (Å²) in [5.74, 6) is -0.899. The van der Waals surface area contributed by atoms with Crippen molar-refractivity contribution >= 4 is 21.7 Å². The number of nitriles is 1. The zero-order chi connectivity index (χ0) is 12.3. The lowest BCUT2D eigenvalue weighted by Gasteiger charge is -2.03. The minimum Gasteiger partial charge on any atom is -0.358 e. The summed E-state index contributed by atoms with van der Waals surface area (Å²) in [6.07, 6.45) is -3.15. The molecule has 0 aliphatic heterocycles. The topological polar surface area (TPSA) is 79.8 Å². The van der Waals surface area contributed by atoms with Gasteiger partial charge in [-0.15, -0.1) is 0 Å². The smallest absolute Gasteiger partial charge is 0.358 e. The van der Waals surface area contributed by atoms with Gasteiger partial charge in [0, 0.05) is 21.5 Å². The highest BCUT2D eigenvalue weighted by molar-refractivity contribution is 9.10. The summed E-state index contributed by atoms with van der Waals surface area (Å²) in [7, 11) is 0. The minimum atomic E-state index is -3.00. The Hall–Kier alpha value is -1.62. The molecule has 0 radical (unpaired) electrons. The fraction of sp³-hybridized carbons (Fsp3) is 0.250. The van der Waals surface area contributed by atoms with Crippen molar-refractivity contribution < 1.29 is 13.7 Å². The second-order valence-corrected chi connectivity index (χ2v) is 3.49. The molecule has 0 amide bonds. The van der Waals surface area contributed by atoms with Gasteiger partial charge in [0.25, 0.3) is 6.43 Å². The summed E-state index contributed by atoms with van der Waals surface area (Å²) in [5, 5.41) is 18.9. The van der Waals surface area contributed by atoms with Crippen LogP contribution in [0.25, 0.3) is 0 Å². The highest BCUT2D eigenvalue weighted by Crippen LogP contribution is 2.31. The van der Waals surface area contributed by atoms with Gasteiger partial charge in [0.1, 0.15) is 5.56 Å². The van der Waals surface area contributed by atoms with Gasteiger partial charge < -0.3 is 10.1 Å². The van der Waals surface area contributed by atoms with Gasteiger partial charge >= 0.3 is 5.82 Å². The Kier molecular flexibility index (Phi) is 3.84. The molecule has 8 heteroatoms. The van der Waals surface area contributed by atoms with E-state index in [0.29, 0.717) is 0 Å². The fourth-order valence-electron chi connectivity index (χ4n) is 1.06. The molecule has 0 saturated carbocycles. The number of pyridine rings is 1. The van der Waals surface area contributed by atoms with E-state index in [4.69, 9.17) is 5.26 Å². The van der Waals surface area contributed by atoms with Crippen LogP contribution < -0.4 is 0 Å². The van der Waals surface area contributed by atoms with Crippen LogP contribution in [-0.4, -0.2) is 9.91 Å². The number of hydrogen-bond donors (Lipinski definition) is 0. The van der Waals surface area contributed by atoms with E-state index in [1.807, 2.05) is 0 Å². The maximum absolute atomic E-state index is 12.5. The van der Waals surface area contributed by atoms with Crippen LogP contribution in [0.15, 0.2) is 10.7 Å². The van der Waals surface area contributed by atoms with Gasteiger partial charge in [0.05, 0.1) is 12.5 Å². The third kappa shape index (κ3) is 2.49. The average Bonchev–Trinajstić information content (AvgIpc) is 2.20. The SMILES string of the molecule is N#CCc1cc(C(F)F)c([N+](=O)[O-])nc1Br. The molecule has 16 heavy (non-hydrogen) atoms. The third-order valence-corrected chi connectivity index (χ3v) is 2.42. The molecule has 0 saturated heterocycles. The Labute approximate surface area is 97.0 Å². The van der Waals surface area contributed by atoms with Crippen molar-refractivity contribution in [3.63, 3.8) is 0 Å². The molecule has 0 aliphatic rings. The van der Waals surface area contributed by atoms with E-state index in [-0.39, 0.29) is 16.6 Å². The Morgan fingerprint density at radius 2 is 2.31 bits per heavy atom. The Morgan fingerprint density at radius 1 is 1.69 bits per heavy atom. The highest BCUT2D eigenvalue weighted by atomic mass is 79.9. The Balaban J connectivity index is 3.38. The normalized spacial score (nSPS) is 10.2. The first-order valence-electron chi connectivity index (χ1n) is 3.96. The molecule has 0 fully saturated rings. The maximum atomic E-state index is 12.5. The number of nitro groups is 1. The van der Waals surface area contributed by atoms with Crippen LogP contribution in [0.1, 0.15) is 17.6 Å². The van der Waals surface area contributed by atoms with Crippen LogP contribution in [0.2, 0.25) is 0 Å². The molecule has 1 aromatic rings. The van der Waals surface area contributed by atoms with Gasteiger partial charge in [0.15, 0.2) is 0 Å². The van der Waals surface area contributed by atoms with Crippen LogP contribution in [0.5, 0.6) is 0 Å². The van der Waals surface area contributed by atoms with Gasteiger partial charge in [-0.25, -0.2) is 8.78 Å². The first kappa shape index (κ1) is 12.4. The van der Waals surface area contributed by atoms with Crippen molar-refractivity contribution in [2.24, 2.45) is 0 Å². The summed E-state index contributed by atoms with van der Waals surface area (Å²) >= 11 is 2.89. The predicted molar refractivity (Wildman–Crippen MR) is 52.9 cm³/mol. The van der Waals surface area contributed by atoms with Crippen LogP contribution in [0.3, 0.4) is 0 Å². The quantitative estimate of drug-likeness (QED) is 0.487. The lowest BCUT2D eigenvalue weighted by molar-refractivity contribution is -0.391. The van der Waals surface area contributed by atoms with Crippen molar-refractivity contribution in [1.29, 1.82) is 5.26 Å². The zero-order valence-corrected chi connectivity index (χ0v) is 9.24. The summed E-state index contributed by atoms with van der Waals surface area (Å²) in [6, 6.07) is 2.67. The van der Waals surface area contributed by atoms with Gasteiger partial charge in [-0.05, 0) is 16.0 Å². The molecule has 5 nitrogen and oxygen atoms in total. The molecule has 1 rings (SSSR count). The van der Waals surface area contributed by atoms with Crippen molar-refractivity contribution in [2.45, 2.75) is 12.8 Å². The number of aromatic nitrogens is 1. The van der Waals surface area contributed by atoms with Crippen LogP contribution in [0.4, 0.5) is 14.6 Å². The minimum absolute atomic E-state index is 0.0325. The van der Waals surface area contributed by atoms with E-state index < -0.39 is 22.7 Å². The molecule has 0 unspecified atom stereocenters. The Morgan fingerprint density at radius 3 is 2.75 bits per heavy atom. The molecule has 84 valence electrons. The number of nitrogens with zero attached hydrogens (tertiary/aromatic N) is 3. The standard InChI is InChI=1S/C8H4BrF2N3O2/c9-6-4(1-2-12)3-5(7(10)11)8(13-6)14(15)16/h3,7H,1H2. The number of hydrogen-bond acceptors (Lipinski definition) is 4. The molecule has 1 aromatic heterocycles. The van der Waals surface area contributed by atoms with Gasteiger partial charge in [0.2, 0.25) is 4.60 Å². The van der Waals surface area contributed by atoms with E-state index in [1.54, 1.807) is 6.07 Å². The first-order chi connectivity index (χ1) is 7.47. The average molecular weight is 292 g/mol. The molecule has 0 N–H and O–H groups in total. The lowest BCUT2D eigenvalue weighted by Crippen LogP contribution is -2.02. The van der Waals surface area contributed by atoms with Gasteiger partial charge in [-0.2, -0.15) is 5.26 Å². The second-order valence-electron chi connectivity index (χ2n) is 2.74. The highest BCUT2D eigenvalue weighted by Gasteiger charge is 2.26. The van der Waals surface area contributed by atoms with E-state index in [1.165, 1.54) is 0 Å². The third-order valence-electron chi connectivity index (χ3n) is 1.73. The summed E-state index contributed by atoms with van der Waals surface area (Å²) in [4.78, 5) is 12.9. The van der Waals surface area contributed by atoms with E-state index >= 15 is 0 Å². The summed E-state index contributed by atoms with van der Waals surface area (Å²) < 4.78 is 25.0. The van der Waals surface area contributed by atoms with E-state index in [0.717, 1.165) is 6.07 Å². The molecule has 0 bridgehead atoms. The monoisotopic (exact) mass is 291 g/mol. The second kappa shape index (κ2) is 4.94.